The van der Waals surface area contributed by atoms with Crippen LogP contribution in [0.4, 0.5) is 0 Å². The topological polar surface area (TPSA) is 21.3 Å². The summed E-state index contributed by atoms with van der Waals surface area (Å²) in [4.78, 5) is 0. The Morgan fingerprint density at radius 3 is 2.82 bits per heavy atom. The smallest absolute Gasteiger partial charge is 0.0618 e. The molecule has 17 heavy (non-hydrogen) atoms. The number of nitrogens with one attached hydrogen (secondary N) is 1. The van der Waals surface area contributed by atoms with E-state index in [0.717, 1.165) is 17.0 Å². The van der Waals surface area contributed by atoms with Gasteiger partial charge < -0.3 is 10.1 Å². The molecule has 94 valence electrons. The highest BCUT2D eigenvalue weighted by Gasteiger charge is 2.31. The molecule has 1 aromatic carbocycles. The minimum absolute atomic E-state index is 0.369. The molecule has 3 heteroatoms. The zero-order valence-corrected chi connectivity index (χ0v) is 12.0. The summed E-state index contributed by atoms with van der Waals surface area (Å²) in [5.41, 5.74) is 1.32. The van der Waals surface area contributed by atoms with Crippen LogP contribution in [0.3, 0.4) is 0 Å². The minimum atomic E-state index is 0.369. The van der Waals surface area contributed by atoms with E-state index in [1.807, 2.05) is 0 Å². The summed E-state index contributed by atoms with van der Waals surface area (Å²) in [6.45, 7) is 3.02. The molecule has 0 bridgehead atoms. The van der Waals surface area contributed by atoms with Gasteiger partial charge in [-0.25, -0.2) is 0 Å². The molecule has 2 atom stereocenters. The molecule has 1 N–H and O–H groups in total. The Labute approximate surface area is 112 Å². The molecule has 1 saturated carbocycles. The largest absolute Gasteiger partial charge is 0.383 e. The second-order valence-electron chi connectivity index (χ2n) is 4.84. The van der Waals surface area contributed by atoms with Crippen molar-refractivity contribution in [1.29, 1.82) is 0 Å². The van der Waals surface area contributed by atoms with Crippen molar-refractivity contribution >= 4 is 15.9 Å². The summed E-state index contributed by atoms with van der Waals surface area (Å²) < 4.78 is 6.43. The lowest BCUT2D eigenvalue weighted by Gasteiger charge is -2.23. The van der Waals surface area contributed by atoms with Crippen LogP contribution < -0.4 is 5.32 Å². The average Bonchev–Trinajstić information content (AvgIpc) is 3.12. The lowest BCUT2D eigenvalue weighted by atomic mass is 10.1. The van der Waals surface area contributed by atoms with E-state index in [0.29, 0.717) is 12.1 Å². The van der Waals surface area contributed by atoms with Gasteiger partial charge in [0.15, 0.2) is 0 Å². The predicted octanol–water partition coefficient (Wildman–Crippen LogP) is 3.52. The van der Waals surface area contributed by atoms with Crippen LogP contribution in [0.5, 0.6) is 0 Å². The molecule has 2 rings (SSSR count). The molecule has 0 saturated heterocycles. The molecule has 0 aromatic heterocycles. The van der Waals surface area contributed by atoms with Crippen LogP contribution in [-0.4, -0.2) is 19.8 Å². The van der Waals surface area contributed by atoms with Crippen molar-refractivity contribution in [2.45, 2.75) is 31.8 Å². The summed E-state index contributed by atoms with van der Waals surface area (Å²) >= 11 is 3.52. The summed E-state index contributed by atoms with van der Waals surface area (Å²) in [6, 6.07) is 9.35. The van der Waals surface area contributed by atoms with Crippen molar-refractivity contribution in [3.8, 4) is 0 Å². The maximum absolute atomic E-state index is 5.29. The number of methoxy groups -OCH3 is 1. The Kier molecular flexibility index (Phi) is 4.60. The molecule has 0 radical (unpaired) electrons. The van der Waals surface area contributed by atoms with Crippen molar-refractivity contribution in [1.82, 2.24) is 5.32 Å². The summed E-state index contributed by atoms with van der Waals surface area (Å²) in [5.74, 6) is 0.810. The van der Waals surface area contributed by atoms with Gasteiger partial charge in [0.05, 0.1) is 6.61 Å². The third-order valence-electron chi connectivity index (χ3n) is 3.35. The number of halogens is 1. The molecule has 0 heterocycles. The fourth-order valence-corrected chi connectivity index (χ4v) is 2.61. The second-order valence-corrected chi connectivity index (χ2v) is 5.76. The molecule has 0 amide bonds. The van der Waals surface area contributed by atoms with E-state index >= 15 is 0 Å². The van der Waals surface area contributed by atoms with Gasteiger partial charge in [0.1, 0.15) is 0 Å². The molecular weight excluding hydrogens is 278 g/mol. The van der Waals surface area contributed by atoms with Gasteiger partial charge in [-0.1, -0.05) is 28.1 Å². The van der Waals surface area contributed by atoms with Crippen LogP contribution in [0.2, 0.25) is 0 Å². The van der Waals surface area contributed by atoms with E-state index in [2.05, 4.69) is 52.4 Å². The number of rotatable bonds is 6. The van der Waals surface area contributed by atoms with Crippen LogP contribution in [0.15, 0.2) is 28.7 Å². The Morgan fingerprint density at radius 2 is 2.24 bits per heavy atom. The maximum atomic E-state index is 5.29. The third-order valence-corrected chi connectivity index (χ3v) is 3.84. The second kappa shape index (κ2) is 5.98. The van der Waals surface area contributed by atoms with Gasteiger partial charge in [0.25, 0.3) is 0 Å². The SMILES string of the molecule is COCC(N[C@H](C)c1cccc(Br)c1)C1CC1. The van der Waals surface area contributed by atoms with E-state index in [1.165, 1.54) is 18.4 Å². The molecular formula is C14H20BrNO. The van der Waals surface area contributed by atoms with Gasteiger partial charge in [-0.2, -0.15) is 0 Å². The fraction of sp³-hybridized carbons (Fsp3) is 0.571. The van der Waals surface area contributed by atoms with Crippen molar-refractivity contribution in [2.24, 2.45) is 5.92 Å². The number of hydrogen-bond acceptors (Lipinski definition) is 2. The first-order chi connectivity index (χ1) is 8.20. The molecule has 1 aromatic rings. The summed E-state index contributed by atoms with van der Waals surface area (Å²) in [5, 5.41) is 3.68. The zero-order valence-electron chi connectivity index (χ0n) is 10.4. The highest BCUT2D eigenvalue weighted by atomic mass is 79.9. The van der Waals surface area contributed by atoms with Crippen molar-refractivity contribution in [3.05, 3.63) is 34.3 Å². The highest BCUT2D eigenvalue weighted by molar-refractivity contribution is 9.10. The number of ether oxygens (including phenoxy) is 1. The Hall–Kier alpha value is -0.380. The molecule has 2 nitrogen and oxygen atoms in total. The molecule has 0 aliphatic heterocycles. The lowest BCUT2D eigenvalue weighted by molar-refractivity contribution is 0.152. The molecule has 1 aliphatic rings. The van der Waals surface area contributed by atoms with E-state index in [1.54, 1.807) is 7.11 Å². The average molecular weight is 298 g/mol. The van der Waals surface area contributed by atoms with Crippen molar-refractivity contribution in [2.75, 3.05) is 13.7 Å². The van der Waals surface area contributed by atoms with Crippen LogP contribution in [0.1, 0.15) is 31.4 Å². The van der Waals surface area contributed by atoms with Crippen LogP contribution in [0.25, 0.3) is 0 Å². The van der Waals surface area contributed by atoms with Gasteiger partial charge in [0, 0.05) is 23.7 Å². The molecule has 1 fully saturated rings. The van der Waals surface area contributed by atoms with Gasteiger partial charge >= 0.3 is 0 Å². The van der Waals surface area contributed by atoms with Gasteiger partial charge in [-0.15, -0.1) is 0 Å². The maximum Gasteiger partial charge on any atom is 0.0618 e. The molecule has 1 aliphatic carbocycles. The Balaban J connectivity index is 1.96. The van der Waals surface area contributed by atoms with Crippen LogP contribution in [0, 0.1) is 5.92 Å². The summed E-state index contributed by atoms with van der Waals surface area (Å²) in [7, 11) is 1.78. The zero-order chi connectivity index (χ0) is 12.3. The third kappa shape index (κ3) is 3.80. The number of hydrogen-bond donors (Lipinski definition) is 1. The van der Waals surface area contributed by atoms with Gasteiger partial charge in [-0.05, 0) is 43.4 Å². The van der Waals surface area contributed by atoms with Gasteiger partial charge in [0.2, 0.25) is 0 Å². The predicted molar refractivity (Wildman–Crippen MR) is 74.1 cm³/mol. The fourth-order valence-electron chi connectivity index (χ4n) is 2.19. The quantitative estimate of drug-likeness (QED) is 0.867. The minimum Gasteiger partial charge on any atom is -0.383 e. The number of benzene rings is 1. The Morgan fingerprint density at radius 1 is 1.47 bits per heavy atom. The summed E-state index contributed by atoms with van der Waals surface area (Å²) in [6.07, 6.45) is 2.68. The standard InChI is InChI=1S/C14H20BrNO/c1-10(12-4-3-5-13(15)8-12)16-14(9-17-2)11-6-7-11/h3-5,8,10-11,14,16H,6-7,9H2,1-2H3/t10-,14?/m1/s1. The van der Waals surface area contributed by atoms with E-state index in [4.69, 9.17) is 4.74 Å². The Bertz CT molecular complexity index is 365. The van der Waals surface area contributed by atoms with E-state index in [9.17, 15) is 0 Å². The molecule has 0 spiro atoms. The van der Waals surface area contributed by atoms with Crippen LogP contribution >= 0.6 is 15.9 Å². The monoisotopic (exact) mass is 297 g/mol. The highest BCUT2D eigenvalue weighted by Crippen LogP contribution is 2.34. The van der Waals surface area contributed by atoms with Crippen molar-refractivity contribution in [3.63, 3.8) is 0 Å². The first-order valence-electron chi connectivity index (χ1n) is 6.21. The molecule has 1 unspecified atom stereocenters. The lowest BCUT2D eigenvalue weighted by Crippen LogP contribution is -2.36. The van der Waals surface area contributed by atoms with Gasteiger partial charge in [-0.3, -0.25) is 0 Å². The normalized spacial score (nSPS) is 19.0. The van der Waals surface area contributed by atoms with E-state index in [-0.39, 0.29) is 0 Å². The first-order valence-corrected chi connectivity index (χ1v) is 7.00. The van der Waals surface area contributed by atoms with E-state index < -0.39 is 0 Å². The first kappa shape index (κ1) is 13.1. The van der Waals surface area contributed by atoms with Crippen LogP contribution in [-0.2, 0) is 4.74 Å². The van der Waals surface area contributed by atoms with Crippen molar-refractivity contribution < 1.29 is 4.74 Å².